The summed E-state index contributed by atoms with van der Waals surface area (Å²) in [7, 11) is 5.24. The number of hydrogen-bond donors (Lipinski definition) is 0. The normalized spacial score (nSPS) is 9.55. The monoisotopic (exact) mass is 149 g/mol. The van der Waals surface area contributed by atoms with Gasteiger partial charge in [-0.1, -0.05) is 6.58 Å². The third kappa shape index (κ3) is 1.87. The van der Waals surface area contributed by atoms with Crippen molar-refractivity contribution < 1.29 is 9.15 Å². The minimum atomic E-state index is 0.126. The lowest BCUT2D eigenvalue weighted by molar-refractivity contribution is 0.297. The van der Waals surface area contributed by atoms with E-state index in [-0.39, 0.29) is 5.79 Å². The van der Waals surface area contributed by atoms with Crippen LogP contribution in [-0.2, 0) is 4.74 Å². The lowest BCUT2D eigenvalue weighted by Gasteiger charge is -2.00. The molecule has 1 heterocycles. The van der Waals surface area contributed by atoms with E-state index in [4.69, 9.17) is 17.0 Å². The first-order valence-corrected chi connectivity index (χ1v) is 3.27. The van der Waals surface area contributed by atoms with Gasteiger partial charge in [-0.3, -0.25) is 0 Å². The van der Waals surface area contributed by atoms with Gasteiger partial charge in [0, 0.05) is 0 Å². The molecule has 0 atom stereocenters. The highest BCUT2D eigenvalue weighted by molar-refractivity contribution is 6.28. The van der Waals surface area contributed by atoms with E-state index in [1.165, 1.54) is 6.26 Å². The predicted molar refractivity (Wildman–Crippen MR) is 42.6 cm³/mol. The molecule has 1 aromatic rings. The van der Waals surface area contributed by atoms with Crippen molar-refractivity contribution in [2.45, 2.75) is 6.92 Å². The van der Waals surface area contributed by atoms with Crippen LogP contribution in [0.25, 0.3) is 5.76 Å². The first kappa shape index (κ1) is 7.92. The fourth-order valence-electron chi connectivity index (χ4n) is 0.664. The van der Waals surface area contributed by atoms with E-state index < -0.39 is 0 Å². The second-order valence-corrected chi connectivity index (χ2v) is 1.93. The van der Waals surface area contributed by atoms with E-state index in [1.54, 1.807) is 0 Å². The average molecular weight is 149 g/mol. The Bertz CT molecular complexity index is 257. The molecule has 0 aromatic carbocycles. The summed E-state index contributed by atoms with van der Waals surface area (Å²) >= 11 is 0. The van der Waals surface area contributed by atoms with E-state index in [1.807, 2.05) is 6.92 Å². The van der Waals surface area contributed by atoms with Gasteiger partial charge in [0.1, 0.15) is 23.5 Å². The molecule has 3 nitrogen and oxygen atoms in total. The molecule has 1 rings (SSSR count). The molecule has 0 bridgehead atoms. The van der Waals surface area contributed by atoms with Crippen molar-refractivity contribution in [1.82, 2.24) is 4.98 Å². The Morgan fingerprint density at radius 1 is 1.91 bits per heavy atom. The fraction of sp³-hybridized carbons (Fsp3) is 0.286. The Balaban J connectivity index is 2.69. The maximum Gasteiger partial charge on any atom is 0.197 e. The summed E-state index contributed by atoms with van der Waals surface area (Å²) < 4.78 is 9.83. The van der Waals surface area contributed by atoms with Crippen molar-refractivity contribution in [2.75, 3.05) is 6.61 Å². The molecule has 0 saturated carbocycles. The summed E-state index contributed by atoms with van der Waals surface area (Å²) in [5.74, 6) is 0.605. The molecule has 0 aliphatic carbocycles. The van der Waals surface area contributed by atoms with E-state index in [0.29, 0.717) is 18.1 Å². The molecule has 11 heavy (non-hydrogen) atoms. The van der Waals surface area contributed by atoms with Gasteiger partial charge in [0.05, 0.1) is 6.61 Å². The minimum Gasteiger partial charge on any atom is -0.492 e. The van der Waals surface area contributed by atoms with Gasteiger partial charge in [-0.25, -0.2) is 4.98 Å². The van der Waals surface area contributed by atoms with E-state index >= 15 is 0 Å². The highest BCUT2D eigenvalue weighted by atomic mass is 16.5. The zero-order valence-corrected chi connectivity index (χ0v) is 6.33. The van der Waals surface area contributed by atoms with Gasteiger partial charge in [-0.15, -0.1) is 0 Å². The highest BCUT2D eigenvalue weighted by Gasteiger charge is 2.03. The molecule has 0 N–H and O–H groups in total. The molecule has 56 valence electrons. The van der Waals surface area contributed by atoms with Gasteiger partial charge in [0.25, 0.3) is 0 Å². The zero-order valence-electron chi connectivity index (χ0n) is 6.33. The first-order chi connectivity index (χ1) is 5.24. The number of oxazole rings is 1. The number of rotatable bonds is 3. The lowest BCUT2D eigenvalue weighted by Crippen LogP contribution is -2.02. The molecule has 2 radical (unpaired) electrons. The van der Waals surface area contributed by atoms with E-state index in [2.05, 4.69) is 11.6 Å². The Morgan fingerprint density at radius 2 is 2.64 bits per heavy atom. The van der Waals surface area contributed by atoms with Crippen LogP contribution < -0.4 is 5.79 Å². The quantitative estimate of drug-likeness (QED) is 0.463. The summed E-state index contributed by atoms with van der Waals surface area (Å²) in [6, 6.07) is 0. The Labute approximate surface area is 66.5 Å². The maximum atomic E-state index is 5.24. The molecule has 0 aliphatic rings. The fourth-order valence-corrected chi connectivity index (χ4v) is 0.664. The van der Waals surface area contributed by atoms with Crippen molar-refractivity contribution in [3.05, 3.63) is 18.5 Å². The summed E-state index contributed by atoms with van der Waals surface area (Å²) in [5.41, 5.74) is 0.546. The molecule has 0 fully saturated rings. The molecule has 0 aliphatic heterocycles. The van der Waals surface area contributed by atoms with Crippen molar-refractivity contribution >= 4 is 19.4 Å². The SMILES string of the molecule is [B]c1nc(C(=C)OCC)co1. The average Bonchev–Trinajstić information content (AvgIpc) is 2.36. The summed E-state index contributed by atoms with van der Waals surface area (Å²) in [6.45, 7) is 6.06. The van der Waals surface area contributed by atoms with E-state index in [0.717, 1.165) is 0 Å². The summed E-state index contributed by atoms with van der Waals surface area (Å²) in [4.78, 5) is 3.82. The van der Waals surface area contributed by atoms with Crippen LogP contribution in [0.5, 0.6) is 0 Å². The second kappa shape index (κ2) is 3.28. The van der Waals surface area contributed by atoms with Crippen LogP contribution in [0.3, 0.4) is 0 Å². The smallest absolute Gasteiger partial charge is 0.197 e. The van der Waals surface area contributed by atoms with E-state index in [9.17, 15) is 0 Å². The predicted octanol–water partition coefficient (Wildman–Crippen LogP) is 0.476. The van der Waals surface area contributed by atoms with Crippen molar-refractivity contribution in [3.63, 3.8) is 0 Å². The third-order valence-corrected chi connectivity index (χ3v) is 1.13. The second-order valence-electron chi connectivity index (χ2n) is 1.93. The van der Waals surface area contributed by atoms with Crippen molar-refractivity contribution in [2.24, 2.45) is 0 Å². The van der Waals surface area contributed by atoms with Crippen LogP contribution in [0.2, 0.25) is 0 Å². The van der Waals surface area contributed by atoms with Gasteiger partial charge in [0.2, 0.25) is 0 Å². The minimum absolute atomic E-state index is 0.126. The summed E-state index contributed by atoms with van der Waals surface area (Å²) in [6.07, 6.45) is 1.41. The molecule has 0 spiro atoms. The van der Waals surface area contributed by atoms with Crippen LogP contribution in [0.1, 0.15) is 12.6 Å². The zero-order chi connectivity index (χ0) is 8.27. The molecule has 1 aromatic heterocycles. The maximum absolute atomic E-state index is 5.24. The highest BCUT2D eigenvalue weighted by Crippen LogP contribution is 2.08. The van der Waals surface area contributed by atoms with Gasteiger partial charge >= 0.3 is 0 Å². The van der Waals surface area contributed by atoms with Crippen LogP contribution in [0.4, 0.5) is 0 Å². The summed E-state index contributed by atoms with van der Waals surface area (Å²) in [5, 5.41) is 0. The first-order valence-electron chi connectivity index (χ1n) is 3.27. The Hall–Kier alpha value is -1.19. The largest absolute Gasteiger partial charge is 0.492 e. The molecular formula is C7H8BNO2. The van der Waals surface area contributed by atoms with Crippen LogP contribution in [-0.4, -0.2) is 19.4 Å². The number of aromatic nitrogens is 1. The topological polar surface area (TPSA) is 35.3 Å². The standard InChI is InChI=1S/C7H8BNO2/c1-3-10-5(2)6-4-11-7(8)9-6/h4H,2-3H2,1H3. The van der Waals surface area contributed by atoms with Gasteiger partial charge in [-0.05, 0) is 6.92 Å². The van der Waals surface area contributed by atoms with Gasteiger partial charge in [-0.2, -0.15) is 0 Å². The van der Waals surface area contributed by atoms with Crippen molar-refractivity contribution in [1.29, 1.82) is 0 Å². The molecule has 0 amide bonds. The Kier molecular flexibility index (Phi) is 2.36. The number of nitrogens with zero attached hydrogens (tertiary/aromatic N) is 1. The van der Waals surface area contributed by atoms with Crippen LogP contribution in [0, 0.1) is 0 Å². The molecule has 4 heteroatoms. The molecular weight excluding hydrogens is 141 g/mol. The Morgan fingerprint density at radius 3 is 3.09 bits per heavy atom. The van der Waals surface area contributed by atoms with Gasteiger partial charge in [0.15, 0.2) is 7.85 Å². The lowest BCUT2D eigenvalue weighted by atomic mass is 10.2. The van der Waals surface area contributed by atoms with Crippen molar-refractivity contribution in [3.8, 4) is 0 Å². The molecule has 0 saturated heterocycles. The third-order valence-electron chi connectivity index (χ3n) is 1.13. The van der Waals surface area contributed by atoms with Gasteiger partial charge < -0.3 is 9.15 Å². The molecule has 0 unspecified atom stereocenters. The van der Waals surface area contributed by atoms with Crippen LogP contribution >= 0.6 is 0 Å². The number of hydrogen-bond acceptors (Lipinski definition) is 3. The van der Waals surface area contributed by atoms with Crippen LogP contribution in [0.15, 0.2) is 17.3 Å². The number of ether oxygens (including phenoxy) is 1.